The minimum absolute atomic E-state index is 0.0286. The van der Waals surface area contributed by atoms with Gasteiger partial charge in [0.2, 0.25) is 0 Å². The van der Waals surface area contributed by atoms with E-state index in [1.807, 2.05) is 0 Å². The first-order valence-corrected chi connectivity index (χ1v) is 6.03. The minimum Gasteiger partial charge on any atom is -0.395 e. The number of halogens is 2. The molecular weight excluding hydrogens is 260 g/mol. The van der Waals surface area contributed by atoms with Gasteiger partial charge in [-0.05, 0) is 13.8 Å². The van der Waals surface area contributed by atoms with E-state index in [1.165, 1.54) is 4.90 Å². The van der Waals surface area contributed by atoms with Crippen molar-refractivity contribution < 1.29 is 23.5 Å². The van der Waals surface area contributed by atoms with Gasteiger partial charge in [-0.15, -0.1) is 0 Å². The zero-order valence-corrected chi connectivity index (χ0v) is 11.0. The van der Waals surface area contributed by atoms with Crippen molar-refractivity contribution in [1.82, 2.24) is 15.1 Å². The summed E-state index contributed by atoms with van der Waals surface area (Å²) < 4.78 is 24.6. The summed E-state index contributed by atoms with van der Waals surface area (Å²) in [5.74, 6) is -0.376. The van der Waals surface area contributed by atoms with Crippen LogP contribution in [0.15, 0.2) is 0 Å². The molecule has 0 radical (unpaired) electrons. The van der Waals surface area contributed by atoms with Gasteiger partial charge in [0, 0.05) is 19.6 Å². The number of hydrogen-bond acceptors (Lipinski definition) is 4. The number of aliphatic hydroxyl groups is 1. The highest BCUT2D eigenvalue weighted by Crippen LogP contribution is 2.16. The molecule has 1 fully saturated rings. The number of nitrogens with zero attached hydrogens (tertiary/aromatic N) is 2. The Morgan fingerprint density at radius 1 is 1.37 bits per heavy atom. The molecule has 0 aromatic heterocycles. The van der Waals surface area contributed by atoms with Gasteiger partial charge in [0.1, 0.15) is 5.54 Å². The molecule has 2 N–H and O–H groups in total. The van der Waals surface area contributed by atoms with Crippen LogP contribution in [0.5, 0.6) is 0 Å². The molecule has 0 bridgehead atoms. The summed E-state index contributed by atoms with van der Waals surface area (Å²) >= 11 is 0. The van der Waals surface area contributed by atoms with E-state index in [2.05, 4.69) is 5.32 Å². The molecule has 6 nitrogen and oxygen atoms in total. The van der Waals surface area contributed by atoms with Gasteiger partial charge in [-0.3, -0.25) is 14.6 Å². The highest BCUT2D eigenvalue weighted by atomic mass is 19.3. The summed E-state index contributed by atoms with van der Waals surface area (Å²) in [6.45, 7) is 2.64. The summed E-state index contributed by atoms with van der Waals surface area (Å²) in [4.78, 5) is 25.8. The third kappa shape index (κ3) is 4.10. The highest BCUT2D eigenvalue weighted by Gasteiger charge is 2.43. The summed E-state index contributed by atoms with van der Waals surface area (Å²) in [7, 11) is 0. The molecule has 0 aromatic carbocycles. The molecule has 0 spiro atoms. The van der Waals surface area contributed by atoms with E-state index in [9.17, 15) is 18.4 Å². The first kappa shape index (κ1) is 15.8. The third-order valence-corrected chi connectivity index (χ3v) is 2.90. The molecule has 1 aliphatic heterocycles. The quantitative estimate of drug-likeness (QED) is 0.637. The second kappa shape index (κ2) is 6.25. The zero-order valence-electron chi connectivity index (χ0n) is 11.0. The van der Waals surface area contributed by atoms with Crippen LogP contribution in [0.25, 0.3) is 0 Å². The van der Waals surface area contributed by atoms with Crippen LogP contribution >= 0.6 is 0 Å². The summed E-state index contributed by atoms with van der Waals surface area (Å²) in [5, 5.41) is 11.3. The summed E-state index contributed by atoms with van der Waals surface area (Å²) in [6.07, 6.45) is -2.52. The fraction of sp³-hybridized carbons (Fsp3) is 0.818. The number of carbonyl (C=O) groups excluding carboxylic acids is 2. The maximum absolute atomic E-state index is 12.3. The van der Waals surface area contributed by atoms with Crippen molar-refractivity contribution in [2.24, 2.45) is 0 Å². The van der Waals surface area contributed by atoms with Crippen molar-refractivity contribution >= 4 is 11.9 Å². The van der Waals surface area contributed by atoms with E-state index in [0.717, 1.165) is 4.90 Å². The van der Waals surface area contributed by atoms with Crippen LogP contribution in [-0.2, 0) is 4.79 Å². The number of aliphatic hydroxyl groups excluding tert-OH is 1. The van der Waals surface area contributed by atoms with Crippen molar-refractivity contribution in [3.05, 3.63) is 0 Å². The SMILES string of the molecule is CC1(C)NC(=O)N(CCN(CCO)CC(F)F)C1=O. The van der Waals surface area contributed by atoms with Gasteiger partial charge in [0.15, 0.2) is 0 Å². The Bertz CT molecular complexity index is 350. The van der Waals surface area contributed by atoms with Crippen LogP contribution in [0.1, 0.15) is 13.8 Å². The van der Waals surface area contributed by atoms with Gasteiger partial charge in [-0.2, -0.15) is 0 Å². The Morgan fingerprint density at radius 3 is 2.42 bits per heavy atom. The molecule has 3 amide bonds. The lowest BCUT2D eigenvalue weighted by Crippen LogP contribution is -2.43. The van der Waals surface area contributed by atoms with E-state index >= 15 is 0 Å². The summed E-state index contributed by atoms with van der Waals surface area (Å²) in [6, 6.07) is -0.518. The van der Waals surface area contributed by atoms with Crippen LogP contribution in [0.4, 0.5) is 13.6 Å². The average Bonchev–Trinajstić information content (AvgIpc) is 2.45. The van der Waals surface area contributed by atoms with E-state index in [-0.39, 0.29) is 32.1 Å². The molecule has 0 saturated carbocycles. The lowest BCUT2D eigenvalue weighted by Gasteiger charge is -2.23. The van der Waals surface area contributed by atoms with Crippen molar-refractivity contribution in [3.8, 4) is 0 Å². The predicted octanol–water partition coefficient (Wildman–Crippen LogP) is -0.124. The van der Waals surface area contributed by atoms with Crippen LogP contribution in [0, 0.1) is 0 Å². The smallest absolute Gasteiger partial charge is 0.325 e. The number of alkyl halides is 2. The second-order valence-corrected chi connectivity index (χ2v) is 4.93. The molecule has 1 rings (SSSR count). The van der Waals surface area contributed by atoms with Crippen molar-refractivity contribution in [2.75, 3.05) is 32.8 Å². The van der Waals surface area contributed by atoms with Crippen LogP contribution < -0.4 is 5.32 Å². The van der Waals surface area contributed by atoms with E-state index < -0.39 is 24.5 Å². The Morgan fingerprint density at radius 2 is 2.00 bits per heavy atom. The highest BCUT2D eigenvalue weighted by molar-refractivity contribution is 6.06. The molecular formula is C11H19F2N3O3. The number of amides is 3. The number of urea groups is 1. The monoisotopic (exact) mass is 279 g/mol. The van der Waals surface area contributed by atoms with E-state index in [0.29, 0.717) is 0 Å². The molecule has 0 atom stereocenters. The Balaban J connectivity index is 2.54. The van der Waals surface area contributed by atoms with Gasteiger partial charge >= 0.3 is 6.03 Å². The zero-order chi connectivity index (χ0) is 14.6. The second-order valence-electron chi connectivity index (χ2n) is 4.93. The molecule has 1 saturated heterocycles. The van der Waals surface area contributed by atoms with Gasteiger partial charge < -0.3 is 10.4 Å². The molecule has 0 unspecified atom stereocenters. The molecule has 110 valence electrons. The molecule has 1 heterocycles. The largest absolute Gasteiger partial charge is 0.395 e. The number of carbonyl (C=O) groups is 2. The maximum Gasteiger partial charge on any atom is 0.325 e. The fourth-order valence-electron chi connectivity index (χ4n) is 1.89. The van der Waals surface area contributed by atoms with Crippen molar-refractivity contribution in [1.29, 1.82) is 0 Å². The number of hydrogen-bond donors (Lipinski definition) is 2. The lowest BCUT2D eigenvalue weighted by atomic mass is 10.1. The van der Waals surface area contributed by atoms with Gasteiger partial charge in [-0.25, -0.2) is 13.6 Å². The van der Waals surface area contributed by atoms with Crippen LogP contribution in [-0.4, -0.2) is 71.6 Å². The molecule has 0 aliphatic carbocycles. The fourth-order valence-corrected chi connectivity index (χ4v) is 1.89. The maximum atomic E-state index is 12.3. The normalized spacial score (nSPS) is 18.6. The summed E-state index contributed by atoms with van der Waals surface area (Å²) in [5.41, 5.74) is -0.957. The first-order valence-electron chi connectivity index (χ1n) is 6.03. The molecule has 0 aromatic rings. The Labute approximate surface area is 110 Å². The Kier molecular flexibility index (Phi) is 5.19. The van der Waals surface area contributed by atoms with Crippen LogP contribution in [0.3, 0.4) is 0 Å². The average molecular weight is 279 g/mol. The standard InChI is InChI=1S/C11H19F2N3O3/c1-11(2)9(18)16(10(19)14-11)4-3-15(5-6-17)7-8(12)13/h8,17H,3-7H2,1-2H3,(H,14,19). The van der Waals surface area contributed by atoms with Crippen molar-refractivity contribution in [3.63, 3.8) is 0 Å². The third-order valence-electron chi connectivity index (χ3n) is 2.90. The number of nitrogens with one attached hydrogen (secondary N) is 1. The van der Waals surface area contributed by atoms with Crippen molar-refractivity contribution in [2.45, 2.75) is 25.8 Å². The molecule has 1 aliphatic rings. The van der Waals surface area contributed by atoms with E-state index in [4.69, 9.17) is 5.11 Å². The van der Waals surface area contributed by atoms with Gasteiger partial charge in [0.25, 0.3) is 12.3 Å². The predicted molar refractivity (Wildman–Crippen MR) is 63.9 cm³/mol. The lowest BCUT2D eigenvalue weighted by molar-refractivity contribution is -0.130. The topological polar surface area (TPSA) is 72.9 Å². The minimum atomic E-state index is -2.52. The number of rotatable bonds is 7. The van der Waals surface area contributed by atoms with Gasteiger partial charge in [0.05, 0.1) is 13.2 Å². The van der Waals surface area contributed by atoms with Gasteiger partial charge in [-0.1, -0.05) is 0 Å². The molecule has 8 heteroatoms. The Hall–Kier alpha value is -1.28. The first-order chi connectivity index (χ1) is 8.77. The number of imide groups is 1. The molecule has 19 heavy (non-hydrogen) atoms. The van der Waals surface area contributed by atoms with E-state index in [1.54, 1.807) is 13.8 Å². The van der Waals surface area contributed by atoms with Crippen LogP contribution in [0.2, 0.25) is 0 Å².